The zero-order chi connectivity index (χ0) is 26.0. The van der Waals surface area contributed by atoms with Gasteiger partial charge in [-0.1, -0.05) is 0 Å². The number of nitriles is 2. The Kier molecular flexibility index (Phi) is 7.49. The number of non-ortho nitro benzene ring substituents is 1. The van der Waals surface area contributed by atoms with Crippen molar-refractivity contribution in [2.24, 2.45) is 0 Å². The van der Waals surface area contributed by atoms with Crippen LogP contribution in [-0.4, -0.2) is 24.2 Å². The van der Waals surface area contributed by atoms with E-state index in [9.17, 15) is 10.1 Å². The summed E-state index contributed by atoms with van der Waals surface area (Å²) >= 11 is 0. The van der Waals surface area contributed by atoms with Crippen LogP contribution in [0.15, 0.2) is 110 Å². The molecular weight excluding hydrogens is 470 g/mol. The van der Waals surface area contributed by atoms with Gasteiger partial charge in [0.25, 0.3) is 5.69 Å². The first kappa shape index (κ1) is 24.2. The summed E-state index contributed by atoms with van der Waals surface area (Å²) < 4.78 is 3.49. The number of nitro benzene ring substituents is 1. The van der Waals surface area contributed by atoms with Crippen LogP contribution in [0, 0.1) is 32.8 Å². The average Bonchev–Trinajstić information content (AvgIpc) is 3.66. The fourth-order valence-electron chi connectivity index (χ4n) is 3.27. The Morgan fingerprint density at radius 3 is 1.81 bits per heavy atom. The maximum Gasteiger partial charge on any atom is 0.269 e. The van der Waals surface area contributed by atoms with Gasteiger partial charge < -0.3 is 0 Å². The van der Waals surface area contributed by atoms with Crippen molar-refractivity contribution in [2.75, 3.05) is 10.4 Å². The first-order valence-corrected chi connectivity index (χ1v) is 10.9. The molecule has 0 saturated heterocycles. The number of hydrogen-bond donors (Lipinski definition) is 1. The largest absolute Gasteiger partial charge is 0.293 e. The molecule has 0 aliphatic heterocycles. The first-order chi connectivity index (χ1) is 18.1. The maximum atomic E-state index is 10.8. The van der Waals surface area contributed by atoms with Gasteiger partial charge in [-0.25, -0.2) is 19.7 Å². The number of nitrogens with one attached hydrogen (secondary N) is 1. The minimum atomic E-state index is -0.437. The molecular formula is C26H19N9O2. The molecule has 0 bridgehead atoms. The summed E-state index contributed by atoms with van der Waals surface area (Å²) in [7, 11) is 0. The molecule has 2 aromatic heterocycles. The first-order valence-electron chi connectivity index (χ1n) is 10.9. The second-order valence-corrected chi connectivity index (χ2v) is 7.46. The highest BCUT2D eigenvalue weighted by molar-refractivity contribution is 5.64. The standard InChI is InChI=1S/C16H11N5O2.C10H8N4/c17-11-13-1-3-14(4-2-13)20(19-10-9-18-12-19)15-5-7-16(8-6-15)21(22)23;11-7-9-1-3-10(4-2-9)13-14-6-5-12-8-14/h1-10,12H;1-6,8,13H. The molecule has 0 saturated carbocycles. The summed E-state index contributed by atoms with van der Waals surface area (Å²) in [4.78, 5) is 18.3. The lowest BCUT2D eigenvalue weighted by Crippen LogP contribution is -2.22. The Hall–Kier alpha value is -5.94. The molecule has 11 nitrogen and oxygen atoms in total. The van der Waals surface area contributed by atoms with E-state index < -0.39 is 4.92 Å². The lowest BCUT2D eigenvalue weighted by atomic mass is 10.2. The molecule has 180 valence electrons. The van der Waals surface area contributed by atoms with E-state index in [4.69, 9.17) is 10.5 Å². The van der Waals surface area contributed by atoms with Gasteiger partial charge in [0.2, 0.25) is 0 Å². The molecule has 0 amide bonds. The number of nitrogens with zero attached hydrogens (tertiary/aromatic N) is 8. The summed E-state index contributed by atoms with van der Waals surface area (Å²) in [6.07, 6.45) is 10.2. The molecule has 0 spiro atoms. The number of nitro groups is 1. The monoisotopic (exact) mass is 489 g/mol. The Bertz CT molecular complexity index is 1510. The van der Waals surface area contributed by atoms with Gasteiger partial charge in [0.15, 0.2) is 0 Å². The number of aromatic nitrogens is 4. The molecule has 3 aromatic carbocycles. The van der Waals surface area contributed by atoms with Crippen molar-refractivity contribution in [3.05, 3.63) is 131 Å². The van der Waals surface area contributed by atoms with E-state index in [0.29, 0.717) is 11.1 Å². The predicted molar refractivity (Wildman–Crippen MR) is 136 cm³/mol. The van der Waals surface area contributed by atoms with Crippen LogP contribution < -0.4 is 10.4 Å². The molecule has 0 atom stereocenters. The lowest BCUT2D eigenvalue weighted by molar-refractivity contribution is -0.384. The van der Waals surface area contributed by atoms with Crippen LogP contribution in [0.3, 0.4) is 0 Å². The van der Waals surface area contributed by atoms with E-state index in [1.165, 1.54) is 12.1 Å². The van der Waals surface area contributed by atoms with E-state index in [0.717, 1.165) is 17.1 Å². The smallest absolute Gasteiger partial charge is 0.269 e. The third kappa shape index (κ3) is 6.15. The number of benzene rings is 3. The predicted octanol–water partition coefficient (Wildman–Crippen LogP) is 4.89. The molecule has 37 heavy (non-hydrogen) atoms. The second-order valence-electron chi connectivity index (χ2n) is 7.46. The van der Waals surface area contributed by atoms with Gasteiger partial charge in [0.05, 0.1) is 45.3 Å². The molecule has 5 aromatic rings. The van der Waals surface area contributed by atoms with Crippen molar-refractivity contribution < 1.29 is 4.92 Å². The SMILES string of the molecule is N#Cc1ccc(N(c2ccc([N+](=O)[O-])cc2)n2ccnc2)cc1.N#Cc1ccc(Nn2ccnc2)cc1. The van der Waals surface area contributed by atoms with Gasteiger partial charge in [-0.2, -0.15) is 10.5 Å². The van der Waals surface area contributed by atoms with E-state index in [1.807, 2.05) is 17.1 Å². The molecule has 5 rings (SSSR count). The van der Waals surface area contributed by atoms with Crippen molar-refractivity contribution in [1.82, 2.24) is 19.3 Å². The van der Waals surface area contributed by atoms with E-state index in [1.54, 1.807) is 95.3 Å². The zero-order valence-electron chi connectivity index (χ0n) is 19.3. The maximum absolute atomic E-state index is 10.8. The van der Waals surface area contributed by atoms with Crippen LogP contribution in [0.4, 0.5) is 22.7 Å². The Morgan fingerprint density at radius 1 is 0.784 bits per heavy atom. The third-order valence-corrected chi connectivity index (χ3v) is 5.04. The second kappa shape index (κ2) is 11.5. The molecule has 0 fully saturated rings. The highest BCUT2D eigenvalue weighted by Crippen LogP contribution is 2.28. The van der Waals surface area contributed by atoms with E-state index in [-0.39, 0.29) is 5.69 Å². The molecule has 0 radical (unpaired) electrons. The van der Waals surface area contributed by atoms with Gasteiger partial charge in [-0.15, -0.1) is 0 Å². The third-order valence-electron chi connectivity index (χ3n) is 5.04. The van der Waals surface area contributed by atoms with Crippen LogP contribution in [0.25, 0.3) is 0 Å². The zero-order valence-corrected chi connectivity index (χ0v) is 19.3. The quantitative estimate of drug-likeness (QED) is 0.262. The van der Waals surface area contributed by atoms with E-state index in [2.05, 4.69) is 27.5 Å². The minimum absolute atomic E-state index is 0.0270. The van der Waals surface area contributed by atoms with Crippen LogP contribution in [0.5, 0.6) is 0 Å². The number of hydrogen-bond acceptors (Lipinski definition) is 8. The van der Waals surface area contributed by atoms with E-state index >= 15 is 0 Å². The molecule has 11 heteroatoms. The van der Waals surface area contributed by atoms with Crippen molar-refractivity contribution in [2.45, 2.75) is 0 Å². The van der Waals surface area contributed by atoms with Crippen LogP contribution in [0.1, 0.15) is 11.1 Å². The molecule has 0 unspecified atom stereocenters. The number of rotatable bonds is 6. The number of anilines is 3. The van der Waals surface area contributed by atoms with Gasteiger partial charge >= 0.3 is 0 Å². The van der Waals surface area contributed by atoms with Gasteiger partial charge in [-0.05, 0) is 60.7 Å². The normalized spacial score (nSPS) is 9.78. The summed E-state index contributed by atoms with van der Waals surface area (Å²) in [5.41, 5.74) is 6.77. The van der Waals surface area contributed by atoms with Crippen LogP contribution in [-0.2, 0) is 0 Å². The Labute approximate surface area is 211 Å². The molecule has 0 aliphatic carbocycles. The van der Waals surface area contributed by atoms with Gasteiger partial charge in [0.1, 0.15) is 12.7 Å². The van der Waals surface area contributed by atoms with Crippen LogP contribution >= 0.6 is 0 Å². The van der Waals surface area contributed by atoms with Gasteiger partial charge in [-0.3, -0.25) is 20.2 Å². The van der Waals surface area contributed by atoms with Crippen molar-refractivity contribution >= 4 is 22.7 Å². The fraction of sp³-hybridized carbons (Fsp3) is 0. The fourth-order valence-corrected chi connectivity index (χ4v) is 3.27. The highest BCUT2D eigenvalue weighted by atomic mass is 16.6. The Morgan fingerprint density at radius 2 is 1.32 bits per heavy atom. The highest BCUT2D eigenvalue weighted by Gasteiger charge is 2.13. The van der Waals surface area contributed by atoms with Crippen molar-refractivity contribution in [3.63, 3.8) is 0 Å². The van der Waals surface area contributed by atoms with Crippen LogP contribution in [0.2, 0.25) is 0 Å². The molecule has 0 aliphatic rings. The van der Waals surface area contributed by atoms with Gasteiger partial charge in [0, 0.05) is 36.9 Å². The minimum Gasteiger partial charge on any atom is -0.293 e. The topological polar surface area (TPSA) is 142 Å². The molecule has 1 N–H and O–H groups in total. The number of imidazole rings is 2. The van der Waals surface area contributed by atoms with Crippen molar-refractivity contribution in [1.29, 1.82) is 10.5 Å². The summed E-state index contributed by atoms with van der Waals surface area (Å²) in [6, 6.07) is 24.6. The lowest BCUT2D eigenvalue weighted by Gasteiger charge is -2.25. The summed E-state index contributed by atoms with van der Waals surface area (Å²) in [5, 5.41) is 30.1. The Balaban J connectivity index is 0.000000195. The summed E-state index contributed by atoms with van der Waals surface area (Å²) in [5.74, 6) is 0. The average molecular weight is 489 g/mol. The summed E-state index contributed by atoms with van der Waals surface area (Å²) in [6.45, 7) is 0. The molecule has 2 heterocycles. The van der Waals surface area contributed by atoms with Crippen molar-refractivity contribution in [3.8, 4) is 12.1 Å².